The molecule has 1 aliphatic rings. The summed E-state index contributed by atoms with van der Waals surface area (Å²) in [5, 5.41) is 2.91. The van der Waals surface area contributed by atoms with Crippen molar-refractivity contribution < 1.29 is 13.2 Å². The van der Waals surface area contributed by atoms with Crippen LogP contribution in [-0.2, 0) is 9.84 Å². The number of sulfone groups is 1. The third-order valence-corrected chi connectivity index (χ3v) is 6.58. The van der Waals surface area contributed by atoms with Crippen molar-refractivity contribution >= 4 is 15.7 Å². The molecule has 2 rings (SSSR count). The van der Waals surface area contributed by atoms with Gasteiger partial charge in [0.25, 0.3) is 5.91 Å². The van der Waals surface area contributed by atoms with Crippen molar-refractivity contribution in [2.24, 2.45) is 5.41 Å². The monoisotopic (exact) mass is 378 g/mol. The van der Waals surface area contributed by atoms with Gasteiger partial charge in [0.2, 0.25) is 0 Å². The standard InChI is InChI=1S/C20H30N2O3S/c1-5-26(24,25)18-8-6-16(7-9-18)19(23)21-12-15-22-13-10-17(11-14-22)20(2,3)4/h6-10H,5,11-15H2,1-4H3,(H,21,23). The largest absolute Gasteiger partial charge is 0.351 e. The number of hydrogen-bond acceptors (Lipinski definition) is 4. The molecule has 0 aliphatic carbocycles. The maximum atomic E-state index is 12.2. The predicted molar refractivity (Wildman–Crippen MR) is 105 cm³/mol. The van der Waals surface area contributed by atoms with Gasteiger partial charge in [0.05, 0.1) is 10.6 Å². The molecule has 144 valence electrons. The number of carbonyl (C=O) groups is 1. The molecule has 0 fully saturated rings. The summed E-state index contributed by atoms with van der Waals surface area (Å²) in [6.45, 7) is 11.7. The zero-order chi connectivity index (χ0) is 19.4. The van der Waals surface area contributed by atoms with E-state index in [1.165, 1.54) is 17.7 Å². The van der Waals surface area contributed by atoms with Gasteiger partial charge >= 0.3 is 0 Å². The van der Waals surface area contributed by atoms with Crippen molar-refractivity contribution in [1.82, 2.24) is 10.2 Å². The van der Waals surface area contributed by atoms with E-state index in [1.807, 2.05) is 0 Å². The van der Waals surface area contributed by atoms with Crippen molar-refractivity contribution in [3.63, 3.8) is 0 Å². The van der Waals surface area contributed by atoms with Gasteiger partial charge in [-0.2, -0.15) is 0 Å². The molecule has 26 heavy (non-hydrogen) atoms. The van der Waals surface area contributed by atoms with Gasteiger partial charge in [0.1, 0.15) is 0 Å². The molecule has 1 amide bonds. The fraction of sp³-hybridized carbons (Fsp3) is 0.550. The summed E-state index contributed by atoms with van der Waals surface area (Å²) in [5.41, 5.74) is 2.21. The summed E-state index contributed by atoms with van der Waals surface area (Å²) in [5.74, 6) is -0.117. The first-order valence-electron chi connectivity index (χ1n) is 9.16. The Morgan fingerprint density at radius 3 is 2.35 bits per heavy atom. The summed E-state index contributed by atoms with van der Waals surface area (Å²) in [7, 11) is -3.23. The van der Waals surface area contributed by atoms with Crippen LogP contribution in [0, 0.1) is 5.41 Å². The maximum Gasteiger partial charge on any atom is 0.251 e. The maximum absolute atomic E-state index is 12.2. The highest BCUT2D eigenvalue weighted by Crippen LogP contribution is 2.29. The number of amides is 1. The molecule has 0 radical (unpaired) electrons. The number of benzene rings is 1. The van der Waals surface area contributed by atoms with Crippen LogP contribution in [0.4, 0.5) is 0 Å². The minimum absolute atomic E-state index is 0.0553. The van der Waals surface area contributed by atoms with Gasteiger partial charge in [0, 0.05) is 31.7 Å². The average Bonchev–Trinajstić information content (AvgIpc) is 2.61. The Morgan fingerprint density at radius 1 is 1.19 bits per heavy atom. The van der Waals surface area contributed by atoms with Crippen molar-refractivity contribution in [3.8, 4) is 0 Å². The first-order chi connectivity index (χ1) is 12.1. The quantitative estimate of drug-likeness (QED) is 0.773. The Hall–Kier alpha value is -1.66. The molecule has 5 nitrogen and oxygen atoms in total. The van der Waals surface area contributed by atoms with Crippen molar-refractivity contribution in [1.29, 1.82) is 0 Å². The zero-order valence-electron chi connectivity index (χ0n) is 16.2. The molecular weight excluding hydrogens is 348 g/mol. The molecule has 0 bridgehead atoms. The second-order valence-corrected chi connectivity index (χ2v) is 9.99. The molecule has 1 heterocycles. The SMILES string of the molecule is CCS(=O)(=O)c1ccc(C(=O)NCCN2CC=C(C(C)(C)C)CC2)cc1. The summed E-state index contributed by atoms with van der Waals surface area (Å²) in [4.78, 5) is 14.8. The summed E-state index contributed by atoms with van der Waals surface area (Å²) in [6.07, 6.45) is 3.38. The number of carbonyl (C=O) groups excluding carboxylic acids is 1. The third-order valence-electron chi connectivity index (χ3n) is 4.83. The molecule has 1 N–H and O–H groups in total. The van der Waals surface area contributed by atoms with E-state index in [0.29, 0.717) is 12.1 Å². The lowest BCUT2D eigenvalue weighted by Crippen LogP contribution is -2.38. The fourth-order valence-electron chi connectivity index (χ4n) is 3.01. The second kappa shape index (κ2) is 8.35. The van der Waals surface area contributed by atoms with E-state index in [1.54, 1.807) is 19.1 Å². The van der Waals surface area contributed by atoms with Gasteiger partial charge in [-0.1, -0.05) is 39.3 Å². The number of nitrogens with one attached hydrogen (secondary N) is 1. The fourth-order valence-corrected chi connectivity index (χ4v) is 3.89. The highest BCUT2D eigenvalue weighted by atomic mass is 32.2. The molecule has 0 atom stereocenters. The van der Waals surface area contributed by atoms with Crippen molar-refractivity contribution in [2.45, 2.75) is 39.0 Å². The number of nitrogens with zero attached hydrogens (tertiary/aromatic N) is 1. The lowest BCUT2D eigenvalue weighted by atomic mass is 9.83. The normalized spacial score (nSPS) is 16.2. The van der Waals surface area contributed by atoms with Crippen LogP contribution in [-0.4, -0.2) is 51.2 Å². The molecule has 1 aromatic carbocycles. The summed E-state index contributed by atoms with van der Waals surface area (Å²) in [6, 6.07) is 6.13. The van der Waals surface area contributed by atoms with Crippen LogP contribution in [0.25, 0.3) is 0 Å². The van der Waals surface area contributed by atoms with E-state index in [0.717, 1.165) is 26.1 Å². The summed E-state index contributed by atoms with van der Waals surface area (Å²) >= 11 is 0. The van der Waals surface area contributed by atoms with E-state index in [4.69, 9.17) is 0 Å². The Morgan fingerprint density at radius 2 is 1.85 bits per heavy atom. The molecule has 0 saturated heterocycles. The molecule has 0 saturated carbocycles. The number of rotatable bonds is 6. The zero-order valence-corrected chi connectivity index (χ0v) is 17.0. The van der Waals surface area contributed by atoms with E-state index in [-0.39, 0.29) is 22.0 Å². The highest BCUT2D eigenvalue weighted by Gasteiger charge is 2.21. The minimum atomic E-state index is -3.23. The molecule has 1 aliphatic heterocycles. The number of hydrogen-bond donors (Lipinski definition) is 1. The van der Waals surface area contributed by atoms with Gasteiger partial charge in [-0.3, -0.25) is 9.69 Å². The lowest BCUT2D eigenvalue weighted by Gasteiger charge is -2.32. The second-order valence-electron chi connectivity index (χ2n) is 7.71. The van der Waals surface area contributed by atoms with Crippen LogP contribution >= 0.6 is 0 Å². The van der Waals surface area contributed by atoms with E-state index in [9.17, 15) is 13.2 Å². The Labute approximate surface area is 157 Å². The van der Waals surface area contributed by atoms with Gasteiger partial charge in [-0.15, -0.1) is 0 Å². The van der Waals surface area contributed by atoms with E-state index >= 15 is 0 Å². The van der Waals surface area contributed by atoms with Crippen LogP contribution in [0.5, 0.6) is 0 Å². The van der Waals surface area contributed by atoms with Gasteiger partial charge < -0.3 is 5.32 Å². The lowest BCUT2D eigenvalue weighted by molar-refractivity contribution is 0.0948. The van der Waals surface area contributed by atoms with Crippen LogP contribution in [0.1, 0.15) is 44.5 Å². The topological polar surface area (TPSA) is 66.5 Å². The van der Waals surface area contributed by atoms with Crippen LogP contribution in [0.2, 0.25) is 0 Å². The van der Waals surface area contributed by atoms with Gasteiger partial charge in [-0.05, 0) is 36.1 Å². The first-order valence-corrected chi connectivity index (χ1v) is 10.8. The smallest absolute Gasteiger partial charge is 0.251 e. The predicted octanol–water partition coefficient (Wildman–Crippen LogP) is 2.89. The van der Waals surface area contributed by atoms with Crippen molar-refractivity contribution in [2.75, 3.05) is 31.9 Å². The van der Waals surface area contributed by atoms with Crippen LogP contribution in [0.15, 0.2) is 40.8 Å². The van der Waals surface area contributed by atoms with E-state index in [2.05, 4.69) is 37.1 Å². The van der Waals surface area contributed by atoms with Crippen molar-refractivity contribution in [3.05, 3.63) is 41.5 Å². The molecule has 0 unspecified atom stereocenters. The first kappa shape index (κ1) is 20.6. The molecular formula is C20H30N2O3S. The highest BCUT2D eigenvalue weighted by molar-refractivity contribution is 7.91. The van der Waals surface area contributed by atoms with E-state index < -0.39 is 9.84 Å². The third kappa shape index (κ3) is 5.42. The molecule has 0 aromatic heterocycles. The average molecular weight is 379 g/mol. The van der Waals surface area contributed by atoms with Crippen LogP contribution in [0.3, 0.4) is 0 Å². The Kier molecular flexibility index (Phi) is 6.64. The molecule has 1 aromatic rings. The van der Waals surface area contributed by atoms with Gasteiger partial charge in [0.15, 0.2) is 9.84 Å². The van der Waals surface area contributed by atoms with Crippen LogP contribution < -0.4 is 5.32 Å². The Balaban J connectivity index is 1.82. The molecule has 0 spiro atoms. The minimum Gasteiger partial charge on any atom is -0.351 e. The Bertz CT molecular complexity index is 759. The van der Waals surface area contributed by atoms with Gasteiger partial charge in [-0.25, -0.2) is 8.42 Å². The molecule has 6 heteroatoms. The summed E-state index contributed by atoms with van der Waals surface area (Å²) < 4.78 is 23.6.